The zero-order valence-corrected chi connectivity index (χ0v) is 13.3. The number of nitrogen functional groups attached to an aromatic ring is 1. The topological polar surface area (TPSA) is 55.1 Å². The Labute approximate surface area is 127 Å². The van der Waals surface area contributed by atoms with E-state index in [2.05, 4.69) is 21.2 Å². The number of hydrogen-bond acceptors (Lipinski definition) is 2. The van der Waals surface area contributed by atoms with Crippen LogP contribution < -0.4 is 11.1 Å². The van der Waals surface area contributed by atoms with E-state index in [0.717, 1.165) is 26.9 Å². The minimum atomic E-state index is -0.141. The maximum Gasteiger partial charge on any atom is 0.256 e. The number of halogens is 1. The van der Waals surface area contributed by atoms with E-state index in [1.54, 1.807) is 6.07 Å². The number of nitrogens with one attached hydrogen (secondary N) is 1. The standard InChI is InChI=1S/C16H17BrN2O/c1-9-5-4-6-12(14(9)17)16(20)19-15-10(2)7-8-13(18)11(15)3/h4-8H,18H2,1-3H3,(H,19,20). The molecule has 0 fully saturated rings. The van der Waals surface area contributed by atoms with Crippen molar-refractivity contribution in [2.75, 3.05) is 11.1 Å². The molecular formula is C16H17BrN2O. The normalized spacial score (nSPS) is 10.4. The molecule has 0 aliphatic rings. The molecule has 2 rings (SSSR count). The first-order valence-electron chi connectivity index (χ1n) is 6.34. The third kappa shape index (κ3) is 2.70. The van der Waals surface area contributed by atoms with Gasteiger partial charge in [0.25, 0.3) is 5.91 Å². The highest BCUT2D eigenvalue weighted by molar-refractivity contribution is 9.10. The second-order valence-electron chi connectivity index (χ2n) is 4.86. The first-order chi connectivity index (χ1) is 9.41. The van der Waals surface area contributed by atoms with Crippen molar-refractivity contribution >= 4 is 33.2 Å². The molecule has 0 aliphatic heterocycles. The predicted molar refractivity (Wildman–Crippen MR) is 87.2 cm³/mol. The number of benzene rings is 2. The van der Waals surface area contributed by atoms with E-state index < -0.39 is 0 Å². The van der Waals surface area contributed by atoms with Crippen molar-refractivity contribution in [3.8, 4) is 0 Å². The number of carbonyl (C=O) groups excluding carboxylic acids is 1. The fourth-order valence-electron chi connectivity index (χ4n) is 2.06. The van der Waals surface area contributed by atoms with Crippen molar-refractivity contribution < 1.29 is 4.79 Å². The van der Waals surface area contributed by atoms with Gasteiger partial charge in [-0.2, -0.15) is 0 Å². The van der Waals surface area contributed by atoms with E-state index >= 15 is 0 Å². The third-order valence-electron chi connectivity index (χ3n) is 3.39. The highest BCUT2D eigenvalue weighted by Gasteiger charge is 2.14. The molecule has 3 N–H and O–H groups in total. The van der Waals surface area contributed by atoms with Gasteiger partial charge in [-0.15, -0.1) is 0 Å². The first kappa shape index (κ1) is 14.6. The van der Waals surface area contributed by atoms with Gasteiger partial charge in [0.05, 0.1) is 5.56 Å². The van der Waals surface area contributed by atoms with Gasteiger partial charge < -0.3 is 11.1 Å². The lowest BCUT2D eigenvalue weighted by Gasteiger charge is -2.14. The summed E-state index contributed by atoms with van der Waals surface area (Å²) in [6, 6.07) is 9.38. The summed E-state index contributed by atoms with van der Waals surface area (Å²) in [7, 11) is 0. The molecule has 0 bridgehead atoms. The molecule has 0 saturated carbocycles. The van der Waals surface area contributed by atoms with Crippen molar-refractivity contribution in [3.63, 3.8) is 0 Å². The molecule has 2 aromatic rings. The number of nitrogens with two attached hydrogens (primary N) is 1. The Morgan fingerprint density at radius 3 is 2.50 bits per heavy atom. The number of rotatable bonds is 2. The molecule has 4 heteroatoms. The number of hydrogen-bond donors (Lipinski definition) is 2. The average molecular weight is 333 g/mol. The van der Waals surface area contributed by atoms with Crippen LogP contribution in [0.25, 0.3) is 0 Å². The van der Waals surface area contributed by atoms with E-state index in [1.807, 2.05) is 45.0 Å². The number of aryl methyl sites for hydroxylation is 2. The molecule has 104 valence electrons. The lowest BCUT2D eigenvalue weighted by molar-refractivity contribution is 0.102. The van der Waals surface area contributed by atoms with Crippen LogP contribution in [0.2, 0.25) is 0 Å². The maximum absolute atomic E-state index is 12.4. The quantitative estimate of drug-likeness (QED) is 0.809. The van der Waals surface area contributed by atoms with Gasteiger partial charge in [-0.25, -0.2) is 0 Å². The Hall–Kier alpha value is -1.81. The summed E-state index contributed by atoms with van der Waals surface area (Å²) in [5.74, 6) is -0.141. The Balaban J connectivity index is 2.38. The lowest BCUT2D eigenvalue weighted by Crippen LogP contribution is -2.15. The molecular weight excluding hydrogens is 316 g/mol. The van der Waals surface area contributed by atoms with Crippen molar-refractivity contribution in [1.82, 2.24) is 0 Å². The van der Waals surface area contributed by atoms with Crippen LogP contribution in [0.4, 0.5) is 11.4 Å². The minimum absolute atomic E-state index is 0.141. The zero-order valence-electron chi connectivity index (χ0n) is 11.8. The summed E-state index contributed by atoms with van der Waals surface area (Å²) < 4.78 is 0.816. The molecule has 0 atom stereocenters. The fraction of sp³-hybridized carbons (Fsp3) is 0.188. The molecule has 20 heavy (non-hydrogen) atoms. The maximum atomic E-state index is 12.4. The molecule has 0 radical (unpaired) electrons. The fourth-order valence-corrected chi connectivity index (χ4v) is 2.50. The van der Waals surface area contributed by atoms with Crippen molar-refractivity contribution in [3.05, 3.63) is 57.1 Å². The summed E-state index contributed by atoms with van der Waals surface area (Å²) in [6.07, 6.45) is 0. The lowest BCUT2D eigenvalue weighted by atomic mass is 10.1. The first-order valence-corrected chi connectivity index (χ1v) is 7.13. The minimum Gasteiger partial charge on any atom is -0.398 e. The number of carbonyl (C=O) groups is 1. The van der Waals surface area contributed by atoms with Gasteiger partial charge in [0, 0.05) is 15.8 Å². The van der Waals surface area contributed by atoms with E-state index in [0.29, 0.717) is 11.3 Å². The van der Waals surface area contributed by atoms with Gasteiger partial charge in [0.2, 0.25) is 0 Å². The van der Waals surface area contributed by atoms with Gasteiger partial charge in [-0.3, -0.25) is 4.79 Å². The number of amides is 1. The van der Waals surface area contributed by atoms with E-state index in [4.69, 9.17) is 5.73 Å². The Bertz CT molecular complexity index is 680. The van der Waals surface area contributed by atoms with Crippen LogP contribution >= 0.6 is 15.9 Å². The van der Waals surface area contributed by atoms with Crippen LogP contribution in [0, 0.1) is 20.8 Å². The molecule has 0 spiro atoms. The molecule has 0 unspecified atom stereocenters. The van der Waals surface area contributed by atoms with E-state index in [-0.39, 0.29) is 5.91 Å². The molecule has 3 nitrogen and oxygen atoms in total. The second kappa shape index (κ2) is 5.67. The van der Waals surface area contributed by atoms with Crippen LogP contribution in [0.1, 0.15) is 27.0 Å². The summed E-state index contributed by atoms with van der Waals surface area (Å²) in [4.78, 5) is 12.4. The van der Waals surface area contributed by atoms with Crippen LogP contribution in [0.3, 0.4) is 0 Å². The van der Waals surface area contributed by atoms with Gasteiger partial charge in [0.15, 0.2) is 0 Å². The van der Waals surface area contributed by atoms with Crippen molar-refractivity contribution in [1.29, 1.82) is 0 Å². The van der Waals surface area contributed by atoms with E-state index in [1.165, 1.54) is 0 Å². The molecule has 1 amide bonds. The largest absolute Gasteiger partial charge is 0.398 e. The molecule has 2 aromatic carbocycles. The van der Waals surface area contributed by atoms with Gasteiger partial charge in [-0.05, 0) is 65.5 Å². The molecule has 0 aliphatic carbocycles. The Kier molecular flexibility index (Phi) is 4.14. The van der Waals surface area contributed by atoms with Gasteiger partial charge in [-0.1, -0.05) is 18.2 Å². The Morgan fingerprint density at radius 1 is 1.10 bits per heavy atom. The summed E-state index contributed by atoms with van der Waals surface area (Å²) in [6.45, 7) is 5.81. The number of anilines is 2. The van der Waals surface area contributed by atoms with Crippen molar-refractivity contribution in [2.24, 2.45) is 0 Å². The molecule has 0 heterocycles. The van der Waals surface area contributed by atoms with E-state index in [9.17, 15) is 4.79 Å². The van der Waals surface area contributed by atoms with Crippen molar-refractivity contribution in [2.45, 2.75) is 20.8 Å². The van der Waals surface area contributed by atoms with Crippen LogP contribution in [0.15, 0.2) is 34.8 Å². The highest BCUT2D eigenvalue weighted by atomic mass is 79.9. The van der Waals surface area contributed by atoms with Crippen LogP contribution in [-0.4, -0.2) is 5.91 Å². The Morgan fingerprint density at radius 2 is 1.80 bits per heavy atom. The van der Waals surface area contributed by atoms with Gasteiger partial charge in [0.1, 0.15) is 0 Å². The highest BCUT2D eigenvalue weighted by Crippen LogP contribution is 2.27. The molecule has 0 aromatic heterocycles. The second-order valence-corrected chi connectivity index (χ2v) is 5.66. The SMILES string of the molecule is Cc1cccc(C(=O)Nc2c(C)ccc(N)c2C)c1Br. The predicted octanol–water partition coefficient (Wildman–Crippen LogP) is 4.21. The van der Waals surface area contributed by atoms with Gasteiger partial charge >= 0.3 is 0 Å². The monoisotopic (exact) mass is 332 g/mol. The zero-order chi connectivity index (χ0) is 14.9. The van der Waals surface area contributed by atoms with Crippen LogP contribution in [0.5, 0.6) is 0 Å². The summed E-state index contributed by atoms with van der Waals surface area (Å²) in [5, 5.41) is 2.95. The molecule has 0 saturated heterocycles. The summed E-state index contributed by atoms with van der Waals surface area (Å²) in [5.41, 5.74) is 10.9. The summed E-state index contributed by atoms with van der Waals surface area (Å²) >= 11 is 3.46. The third-order valence-corrected chi connectivity index (χ3v) is 4.44. The van der Waals surface area contributed by atoms with Crippen LogP contribution in [-0.2, 0) is 0 Å². The average Bonchev–Trinajstić information content (AvgIpc) is 2.42. The smallest absolute Gasteiger partial charge is 0.256 e.